The highest BCUT2D eigenvalue weighted by molar-refractivity contribution is 5.18. The van der Waals surface area contributed by atoms with Gasteiger partial charge in [0.25, 0.3) is 0 Å². The van der Waals surface area contributed by atoms with Crippen LogP contribution in [0.4, 0.5) is 0 Å². The maximum Gasteiger partial charge on any atom is 0.203 e. The van der Waals surface area contributed by atoms with Crippen LogP contribution in [0.2, 0.25) is 0 Å². The fourth-order valence-electron chi connectivity index (χ4n) is 1.38. The second-order valence-corrected chi connectivity index (χ2v) is 4.09. The minimum atomic E-state index is 0.383. The summed E-state index contributed by atoms with van der Waals surface area (Å²) >= 11 is 0. The Labute approximate surface area is 91.1 Å². The first-order chi connectivity index (χ1) is 7.22. The lowest BCUT2D eigenvalue weighted by Gasteiger charge is -2.04. The smallest absolute Gasteiger partial charge is 0.203 e. The first-order valence-corrected chi connectivity index (χ1v) is 5.42. The largest absolute Gasteiger partial charge is 0.449 e. The number of hydrogen-bond donors (Lipinski definition) is 1. The van der Waals surface area contributed by atoms with E-state index in [1.54, 1.807) is 6.07 Å². The maximum absolute atomic E-state index is 8.56. The zero-order chi connectivity index (χ0) is 11.1. The Hall–Kier alpha value is -1.27. The van der Waals surface area contributed by atoms with E-state index in [1.165, 1.54) is 12.8 Å². The highest BCUT2D eigenvalue weighted by Crippen LogP contribution is 2.06. The molecule has 3 heteroatoms. The molecule has 3 nitrogen and oxygen atoms in total. The van der Waals surface area contributed by atoms with Gasteiger partial charge < -0.3 is 9.73 Å². The van der Waals surface area contributed by atoms with Crippen molar-refractivity contribution in [3.63, 3.8) is 0 Å². The van der Waals surface area contributed by atoms with Gasteiger partial charge in [0, 0.05) is 0 Å². The van der Waals surface area contributed by atoms with E-state index in [0.29, 0.717) is 12.3 Å². The van der Waals surface area contributed by atoms with E-state index in [1.807, 2.05) is 12.1 Å². The van der Waals surface area contributed by atoms with Crippen LogP contribution in [0.25, 0.3) is 0 Å². The Morgan fingerprint density at radius 2 is 2.27 bits per heavy atom. The summed E-state index contributed by atoms with van der Waals surface area (Å²) < 4.78 is 5.24. The number of hydrogen-bond acceptors (Lipinski definition) is 3. The number of nitrogens with zero attached hydrogens (tertiary/aromatic N) is 1. The molecule has 1 aromatic rings. The van der Waals surface area contributed by atoms with Gasteiger partial charge in [-0.1, -0.05) is 13.8 Å². The summed E-state index contributed by atoms with van der Waals surface area (Å²) in [5, 5.41) is 11.8. The van der Waals surface area contributed by atoms with Gasteiger partial charge in [-0.2, -0.15) is 5.26 Å². The molecule has 0 saturated carbocycles. The molecule has 0 unspecified atom stereocenters. The number of rotatable bonds is 6. The quantitative estimate of drug-likeness (QED) is 0.728. The van der Waals surface area contributed by atoms with Crippen LogP contribution >= 0.6 is 0 Å². The first kappa shape index (κ1) is 11.8. The van der Waals surface area contributed by atoms with E-state index in [2.05, 4.69) is 19.2 Å². The third-order valence-corrected chi connectivity index (χ3v) is 2.21. The molecule has 0 aromatic carbocycles. The number of nitriles is 1. The SMILES string of the molecule is CC(C)CCCNCc1ccc(C#N)o1. The molecule has 0 saturated heterocycles. The molecule has 0 bridgehead atoms. The van der Waals surface area contributed by atoms with Crippen molar-refractivity contribution in [1.82, 2.24) is 5.32 Å². The molecule has 1 aromatic heterocycles. The van der Waals surface area contributed by atoms with Crippen LogP contribution in [-0.2, 0) is 6.54 Å². The van der Waals surface area contributed by atoms with Gasteiger partial charge >= 0.3 is 0 Å². The lowest BCUT2D eigenvalue weighted by atomic mass is 10.1. The molecular formula is C12H18N2O. The molecule has 0 aliphatic rings. The molecular weight excluding hydrogens is 188 g/mol. The van der Waals surface area contributed by atoms with Gasteiger partial charge in [-0.3, -0.25) is 0 Å². The molecule has 1 rings (SSSR count). The molecule has 0 amide bonds. The van der Waals surface area contributed by atoms with Crippen molar-refractivity contribution in [3.8, 4) is 6.07 Å². The fraction of sp³-hybridized carbons (Fsp3) is 0.583. The van der Waals surface area contributed by atoms with Crippen molar-refractivity contribution in [2.45, 2.75) is 33.2 Å². The molecule has 0 radical (unpaired) electrons. The average molecular weight is 206 g/mol. The molecule has 0 aliphatic heterocycles. The summed E-state index contributed by atoms with van der Waals surface area (Å²) in [5.74, 6) is 1.98. The van der Waals surface area contributed by atoms with Gasteiger partial charge in [-0.25, -0.2) is 0 Å². The average Bonchev–Trinajstić information content (AvgIpc) is 2.65. The van der Waals surface area contributed by atoms with Crippen molar-refractivity contribution in [2.75, 3.05) is 6.54 Å². The van der Waals surface area contributed by atoms with Gasteiger partial charge in [0.1, 0.15) is 11.8 Å². The zero-order valence-electron chi connectivity index (χ0n) is 9.42. The van der Waals surface area contributed by atoms with Crippen LogP contribution in [0.5, 0.6) is 0 Å². The second kappa shape index (κ2) is 6.26. The highest BCUT2D eigenvalue weighted by Gasteiger charge is 2.00. The van der Waals surface area contributed by atoms with Crippen LogP contribution in [0, 0.1) is 17.2 Å². The van der Waals surface area contributed by atoms with E-state index in [9.17, 15) is 0 Å². The molecule has 1 heterocycles. The van der Waals surface area contributed by atoms with Crippen molar-refractivity contribution in [3.05, 3.63) is 23.7 Å². The fourth-order valence-corrected chi connectivity index (χ4v) is 1.38. The zero-order valence-corrected chi connectivity index (χ0v) is 9.42. The van der Waals surface area contributed by atoms with E-state index < -0.39 is 0 Å². The van der Waals surface area contributed by atoms with Crippen molar-refractivity contribution >= 4 is 0 Å². The van der Waals surface area contributed by atoms with Crippen LogP contribution in [0.1, 0.15) is 38.2 Å². The Morgan fingerprint density at radius 3 is 2.87 bits per heavy atom. The minimum Gasteiger partial charge on any atom is -0.449 e. The Kier molecular flexibility index (Phi) is 4.92. The second-order valence-electron chi connectivity index (χ2n) is 4.09. The van der Waals surface area contributed by atoms with Gasteiger partial charge in [-0.05, 0) is 37.4 Å². The van der Waals surface area contributed by atoms with E-state index in [-0.39, 0.29) is 0 Å². The number of furan rings is 1. The number of nitrogens with one attached hydrogen (secondary N) is 1. The molecule has 0 aliphatic carbocycles. The van der Waals surface area contributed by atoms with Crippen LogP contribution in [0.3, 0.4) is 0 Å². The molecule has 0 spiro atoms. The Bertz CT molecular complexity index is 323. The summed E-state index contributed by atoms with van der Waals surface area (Å²) in [6.45, 7) is 6.16. The predicted molar refractivity (Wildman–Crippen MR) is 59.2 cm³/mol. The summed E-state index contributed by atoms with van der Waals surface area (Å²) in [6.07, 6.45) is 2.43. The lowest BCUT2D eigenvalue weighted by molar-refractivity contribution is 0.462. The van der Waals surface area contributed by atoms with Crippen LogP contribution in [0.15, 0.2) is 16.5 Å². The maximum atomic E-state index is 8.56. The first-order valence-electron chi connectivity index (χ1n) is 5.42. The molecule has 1 N–H and O–H groups in total. The lowest BCUT2D eigenvalue weighted by Crippen LogP contribution is -2.14. The van der Waals surface area contributed by atoms with Gasteiger partial charge in [0.15, 0.2) is 0 Å². The summed E-state index contributed by atoms with van der Waals surface area (Å²) in [6, 6.07) is 5.51. The van der Waals surface area contributed by atoms with Crippen LogP contribution in [-0.4, -0.2) is 6.54 Å². The van der Waals surface area contributed by atoms with E-state index in [0.717, 1.165) is 18.2 Å². The van der Waals surface area contributed by atoms with Crippen LogP contribution < -0.4 is 5.32 Å². The molecule has 15 heavy (non-hydrogen) atoms. The van der Waals surface area contributed by atoms with Crippen molar-refractivity contribution < 1.29 is 4.42 Å². The molecule has 0 atom stereocenters. The topological polar surface area (TPSA) is 49.0 Å². The summed E-state index contributed by atoms with van der Waals surface area (Å²) in [7, 11) is 0. The molecule has 82 valence electrons. The molecule has 0 fully saturated rings. The van der Waals surface area contributed by atoms with Crippen molar-refractivity contribution in [2.24, 2.45) is 5.92 Å². The van der Waals surface area contributed by atoms with E-state index in [4.69, 9.17) is 9.68 Å². The normalized spacial score (nSPS) is 10.5. The highest BCUT2D eigenvalue weighted by atomic mass is 16.3. The van der Waals surface area contributed by atoms with Crippen molar-refractivity contribution in [1.29, 1.82) is 5.26 Å². The third-order valence-electron chi connectivity index (χ3n) is 2.21. The Balaban J connectivity index is 2.13. The summed E-state index contributed by atoms with van der Waals surface area (Å²) in [4.78, 5) is 0. The van der Waals surface area contributed by atoms with Gasteiger partial charge in [-0.15, -0.1) is 0 Å². The monoisotopic (exact) mass is 206 g/mol. The standard InChI is InChI=1S/C12H18N2O/c1-10(2)4-3-7-14-9-12-6-5-11(8-13)15-12/h5-6,10,14H,3-4,7,9H2,1-2H3. The van der Waals surface area contributed by atoms with E-state index >= 15 is 0 Å². The summed E-state index contributed by atoms with van der Waals surface area (Å²) in [5.41, 5.74) is 0. The predicted octanol–water partition coefficient (Wildman–Crippen LogP) is 2.68. The third kappa shape index (κ3) is 4.66. The van der Waals surface area contributed by atoms with Gasteiger partial charge in [0.2, 0.25) is 5.76 Å². The Morgan fingerprint density at radius 1 is 1.47 bits per heavy atom. The van der Waals surface area contributed by atoms with Gasteiger partial charge in [0.05, 0.1) is 6.54 Å². The minimum absolute atomic E-state index is 0.383.